The van der Waals surface area contributed by atoms with Crippen molar-refractivity contribution in [2.45, 2.75) is 18.8 Å². The van der Waals surface area contributed by atoms with Crippen molar-refractivity contribution in [2.24, 2.45) is 0 Å². The van der Waals surface area contributed by atoms with E-state index in [-0.39, 0.29) is 5.38 Å². The molecule has 0 bridgehead atoms. The molecule has 2 heterocycles. The summed E-state index contributed by atoms with van der Waals surface area (Å²) < 4.78 is 1.87. The summed E-state index contributed by atoms with van der Waals surface area (Å²) in [5.74, 6) is 0.399. The highest BCUT2D eigenvalue weighted by Gasteiger charge is 2.08. The molecule has 0 unspecified atom stereocenters. The first kappa shape index (κ1) is 9.21. The van der Waals surface area contributed by atoms with E-state index in [1.54, 1.807) is 6.33 Å². The highest BCUT2D eigenvalue weighted by molar-refractivity contribution is 6.20. The number of rotatable bonds is 2. The SMILES string of the molecule is C[C@H](Cl)Cn1cnc2c(N)ncnc21. The van der Waals surface area contributed by atoms with Crippen LogP contribution < -0.4 is 5.73 Å². The molecule has 0 radical (unpaired) electrons. The normalized spacial score (nSPS) is 13.3. The summed E-state index contributed by atoms with van der Waals surface area (Å²) in [6, 6.07) is 0. The Morgan fingerprint density at radius 3 is 3.00 bits per heavy atom. The molecule has 2 aromatic rings. The molecule has 0 aliphatic carbocycles. The highest BCUT2D eigenvalue weighted by Crippen LogP contribution is 2.14. The van der Waals surface area contributed by atoms with Gasteiger partial charge in [0.25, 0.3) is 0 Å². The van der Waals surface area contributed by atoms with Crippen molar-refractivity contribution in [1.82, 2.24) is 19.5 Å². The highest BCUT2D eigenvalue weighted by atomic mass is 35.5. The monoisotopic (exact) mass is 211 g/mol. The van der Waals surface area contributed by atoms with E-state index in [9.17, 15) is 0 Å². The molecule has 0 aromatic carbocycles. The molecule has 0 spiro atoms. The topological polar surface area (TPSA) is 69.6 Å². The minimum absolute atomic E-state index is 0.0311. The molecule has 0 aliphatic heterocycles. The third kappa shape index (κ3) is 1.50. The fourth-order valence-corrected chi connectivity index (χ4v) is 1.45. The number of alkyl halides is 1. The zero-order valence-corrected chi connectivity index (χ0v) is 8.44. The van der Waals surface area contributed by atoms with Crippen LogP contribution in [0.25, 0.3) is 11.2 Å². The summed E-state index contributed by atoms with van der Waals surface area (Å²) in [5, 5.41) is 0.0311. The van der Waals surface area contributed by atoms with Gasteiger partial charge < -0.3 is 10.3 Å². The summed E-state index contributed by atoms with van der Waals surface area (Å²) in [5.41, 5.74) is 7.00. The number of nitrogens with zero attached hydrogens (tertiary/aromatic N) is 4. The largest absolute Gasteiger partial charge is 0.382 e. The fourth-order valence-electron chi connectivity index (χ4n) is 1.30. The molecule has 0 fully saturated rings. The number of hydrogen-bond donors (Lipinski definition) is 1. The number of nitrogens with two attached hydrogens (primary N) is 1. The number of aromatic nitrogens is 4. The lowest BCUT2D eigenvalue weighted by molar-refractivity contribution is 0.698. The lowest BCUT2D eigenvalue weighted by Gasteiger charge is -2.04. The smallest absolute Gasteiger partial charge is 0.165 e. The predicted octanol–water partition coefficient (Wildman–Crippen LogP) is 1.04. The second-order valence-corrected chi connectivity index (χ2v) is 3.85. The molecule has 14 heavy (non-hydrogen) atoms. The van der Waals surface area contributed by atoms with Gasteiger partial charge in [-0.2, -0.15) is 0 Å². The molecule has 1 atom stereocenters. The number of anilines is 1. The first-order valence-electron chi connectivity index (χ1n) is 4.24. The van der Waals surface area contributed by atoms with Crippen molar-refractivity contribution < 1.29 is 0 Å². The Morgan fingerprint density at radius 1 is 1.50 bits per heavy atom. The van der Waals surface area contributed by atoms with Crippen LogP contribution in [0.3, 0.4) is 0 Å². The van der Waals surface area contributed by atoms with Crippen molar-refractivity contribution in [2.75, 3.05) is 5.73 Å². The average molecular weight is 212 g/mol. The minimum Gasteiger partial charge on any atom is -0.382 e. The summed E-state index contributed by atoms with van der Waals surface area (Å²) in [4.78, 5) is 12.1. The lowest BCUT2D eigenvalue weighted by atomic mass is 10.4. The van der Waals surface area contributed by atoms with Crippen LogP contribution >= 0.6 is 11.6 Å². The fraction of sp³-hybridized carbons (Fsp3) is 0.375. The third-order valence-corrected chi connectivity index (χ3v) is 2.02. The lowest BCUT2D eigenvalue weighted by Crippen LogP contribution is -2.06. The number of imidazole rings is 1. The molecule has 5 nitrogen and oxygen atoms in total. The van der Waals surface area contributed by atoms with E-state index in [0.717, 1.165) is 5.65 Å². The van der Waals surface area contributed by atoms with Gasteiger partial charge in [0, 0.05) is 11.9 Å². The summed E-state index contributed by atoms with van der Waals surface area (Å²) in [6.45, 7) is 2.58. The van der Waals surface area contributed by atoms with Crippen molar-refractivity contribution in [3.8, 4) is 0 Å². The Kier molecular flexibility index (Phi) is 2.25. The molecule has 0 aliphatic rings. The van der Waals surface area contributed by atoms with Gasteiger partial charge in [0.15, 0.2) is 11.5 Å². The zero-order chi connectivity index (χ0) is 10.1. The number of fused-ring (bicyclic) bond motifs is 1. The molecule has 0 saturated heterocycles. The Bertz CT molecular complexity index is 450. The van der Waals surface area contributed by atoms with Crippen LogP contribution in [0.1, 0.15) is 6.92 Å². The maximum atomic E-state index is 5.89. The molecule has 2 N–H and O–H groups in total. The van der Waals surface area contributed by atoms with Crippen LogP contribution in [0.4, 0.5) is 5.82 Å². The van der Waals surface area contributed by atoms with E-state index < -0.39 is 0 Å². The second-order valence-electron chi connectivity index (χ2n) is 3.11. The van der Waals surface area contributed by atoms with Crippen LogP contribution in [0.15, 0.2) is 12.7 Å². The number of hydrogen-bond acceptors (Lipinski definition) is 4. The van der Waals surface area contributed by atoms with Crippen LogP contribution in [0.5, 0.6) is 0 Å². The molecule has 2 rings (SSSR count). The van der Waals surface area contributed by atoms with Gasteiger partial charge in [-0.1, -0.05) is 0 Å². The summed E-state index contributed by atoms with van der Waals surface area (Å²) in [6.07, 6.45) is 3.10. The average Bonchev–Trinajstić information content (AvgIpc) is 2.49. The van der Waals surface area contributed by atoms with Crippen LogP contribution in [-0.2, 0) is 6.54 Å². The molecule has 0 saturated carbocycles. The number of halogens is 1. The standard InChI is InChI=1S/C8H10ClN5/c1-5(9)2-14-4-13-6-7(10)11-3-12-8(6)14/h3-5H,2H2,1H3,(H2,10,11,12)/t5-/m0/s1. The van der Waals surface area contributed by atoms with Crippen molar-refractivity contribution >= 4 is 28.6 Å². The quantitative estimate of drug-likeness (QED) is 0.754. The molecular weight excluding hydrogens is 202 g/mol. The van der Waals surface area contributed by atoms with E-state index in [2.05, 4.69) is 15.0 Å². The first-order chi connectivity index (χ1) is 6.68. The zero-order valence-electron chi connectivity index (χ0n) is 7.68. The van der Waals surface area contributed by atoms with Gasteiger partial charge in [0.2, 0.25) is 0 Å². The van der Waals surface area contributed by atoms with Gasteiger partial charge in [-0.25, -0.2) is 15.0 Å². The summed E-state index contributed by atoms with van der Waals surface area (Å²) >= 11 is 5.89. The molecule has 2 aromatic heterocycles. The molecular formula is C8H10ClN5. The van der Waals surface area contributed by atoms with E-state index in [1.165, 1.54) is 6.33 Å². The van der Waals surface area contributed by atoms with E-state index in [1.807, 2.05) is 11.5 Å². The van der Waals surface area contributed by atoms with Gasteiger partial charge in [0.1, 0.15) is 11.8 Å². The van der Waals surface area contributed by atoms with E-state index in [4.69, 9.17) is 17.3 Å². The summed E-state index contributed by atoms with van der Waals surface area (Å²) in [7, 11) is 0. The maximum absolute atomic E-state index is 5.89. The van der Waals surface area contributed by atoms with Crippen molar-refractivity contribution in [1.29, 1.82) is 0 Å². The Balaban J connectivity index is 2.52. The molecule has 0 amide bonds. The van der Waals surface area contributed by atoms with Crippen molar-refractivity contribution in [3.63, 3.8) is 0 Å². The third-order valence-electron chi connectivity index (χ3n) is 1.88. The molecule has 74 valence electrons. The minimum atomic E-state index is 0.0311. The van der Waals surface area contributed by atoms with Gasteiger partial charge in [-0.05, 0) is 6.92 Å². The first-order valence-corrected chi connectivity index (χ1v) is 4.67. The van der Waals surface area contributed by atoms with Crippen LogP contribution in [0.2, 0.25) is 0 Å². The Morgan fingerprint density at radius 2 is 2.29 bits per heavy atom. The van der Waals surface area contributed by atoms with E-state index in [0.29, 0.717) is 17.9 Å². The maximum Gasteiger partial charge on any atom is 0.165 e. The van der Waals surface area contributed by atoms with Crippen LogP contribution in [0, 0.1) is 0 Å². The molecule has 6 heteroatoms. The van der Waals surface area contributed by atoms with Gasteiger partial charge in [-0.15, -0.1) is 11.6 Å². The predicted molar refractivity (Wildman–Crippen MR) is 55.1 cm³/mol. The van der Waals surface area contributed by atoms with Gasteiger partial charge in [-0.3, -0.25) is 0 Å². The number of nitrogen functional groups attached to an aromatic ring is 1. The van der Waals surface area contributed by atoms with E-state index >= 15 is 0 Å². The van der Waals surface area contributed by atoms with Gasteiger partial charge >= 0.3 is 0 Å². The van der Waals surface area contributed by atoms with Gasteiger partial charge in [0.05, 0.1) is 6.33 Å². The Hall–Kier alpha value is -1.36. The Labute approximate surface area is 85.9 Å². The second kappa shape index (κ2) is 3.42. The van der Waals surface area contributed by atoms with Crippen LogP contribution in [-0.4, -0.2) is 24.9 Å². The van der Waals surface area contributed by atoms with Crippen molar-refractivity contribution in [3.05, 3.63) is 12.7 Å².